The van der Waals surface area contributed by atoms with Crippen molar-refractivity contribution in [3.05, 3.63) is 69.8 Å². The zero-order valence-electron chi connectivity index (χ0n) is 13.5. The first-order valence-electron chi connectivity index (χ1n) is 7.81. The molecular weight excluding hydrogens is 352 g/mol. The van der Waals surface area contributed by atoms with Crippen LogP contribution in [0.5, 0.6) is 0 Å². The summed E-state index contributed by atoms with van der Waals surface area (Å²) in [5.74, 6) is 1.16. The van der Waals surface area contributed by atoms with E-state index in [0.717, 1.165) is 32.6 Å². The number of nitrogens with two attached hydrogens (primary N) is 1. The summed E-state index contributed by atoms with van der Waals surface area (Å²) in [6.07, 6.45) is 4.13. The molecule has 4 nitrogen and oxygen atoms in total. The zero-order chi connectivity index (χ0) is 17.4. The number of pyridine rings is 1. The molecule has 25 heavy (non-hydrogen) atoms. The molecule has 1 aromatic carbocycles. The van der Waals surface area contributed by atoms with E-state index in [-0.39, 0.29) is 0 Å². The highest BCUT2D eigenvalue weighted by molar-refractivity contribution is 7.18. The molecule has 0 aliphatic rings. The Morgan fingerprint density at radius 3 is 2.84 bits per heavy atom. The Morgan fingerprint density at radius 1 is 1.16 bits per heavy atom. The van der Waals surface area contributed by atoms with Crippen molar-refractivity contribution in [2.45, 2.75) is 13.3 Å². The van der Waals surface area contributed by atoms with Gasteiger partial charge in [0.1, 0.15) is 10.6 Å². The van der Waals surface area contributed by atoms with Crippen LogP contribution >= 0.6 is 22.9 Å². The molecule has 4 aromatic rings. The Hall–Kier alpha value is -2.50. The van der Waals surface area contributed by atoms with Gasteiger partial charge in [0, 0.05) is 29.3 Å². The van der Waals surface area contributed by atoms with E-state index in [9.17, 15) is 0 Å². The maximum absolute atomic E-state index is 6.21. The Kier molecular flexibility index (Phi) is 4.11. The van der Waals surface area contributed by atoms with E-state index in [4.69, 9.17) is 22.3 Å². The van der Waals surface area contributed by atoms with Gasteiger partial charge in [-0.15, -0.1) is 11.3 Å². The summed E-state index contributed by atoms with van der Waals surface area (Å²) in [6, 6.07) is 12.1. The highest BCUT2D eigenvalue weighted by Gasteiger charge is 2.12. The van der Waals surface area contributed by atoms with Gasteiger partial charge in [0.2, 0.25) is 0 Å². The fourth-order valence-corrected chi connectivity index (χ4v) is 3.97. The average molecular weight is 367 g/mol. The minimum Gasteiger partial charge on any atom is -0.383 e. The number of hydrogen-bond donors (Lipinski definition) is 1. The number of fused-ring (bicyclic) bond motifs is 1. The minimum atomic E-state index is 0.504. The van der Waals surface area contributed by atoms with Crippen molar-refractivity contribution in [1.82, 2.24) is 15.0 Å². The first-order valence-corrected chi connectivity index (χ1v) is 9.01. The van der Waals surface area contributed by atoms with Gasteiger partial charge in [-0.25, -0.2) is 9.97 Å². The number of nitrogens with zero attached hydrogens (tertiary/aromatic N) is 3. The predicted molar refractivity (Wildman–Crippen MR) is 104 cm³/mol. The van der Waals surface area contributed by atoms with Gasteiger partial charge in [-0.05, 0) is 30.7 Å². The van der Waals surface area contributed by atoms with E-state index >= 15 is 0 Å². The molecule has 0 radical (unpaired) electrons. The van der Waals surface area contributed by atoms with Gasteiger partial charge in [-0.1, -0.05) is 35.4 Å². The maximum atomic E-state index is 6.21. The summed E-state index contributed by atoms with van der Waals surface area (Å²) in [7, 11) is 0. The summed E-state index contributed by atoms with van der Waals surface area (Å²) in [6.45, 7) is 2.05. The van der Waals surface area contributed by atoms with E-state index in [2.05, 4.69) is 16.0 Å². The van der Waals surface area contributed by atoms with Crippen molar-refractivity contribution in [1.29, 1.82) is 0 Å². The van der Waals surface area contributed by atoms with Crippen molar-refractivity contribution in [3.63, 3.8) is 0 Å². The lowest BCUT2D eigenvalue weighted by Crippen LogP contribution is -1.96. The summed E-state index contributed by atoms with van der Waals surface area (Å²) < 4.78 is 0. The highest BCUT2D eigenvalue weighted by atomic mass is 35.5. The number of anilines is 1. The van der Waals surface area contributed by atoms with Gasteiger partial charge in [-0.3, -0.25) is 4.98 Å². The Balaban J connectivity index is 1.76. The summed E-state index contributed by atoms with van der Waals surface area (Å²) in [4.78, 5) is 15.3. The van der Waals surface area contributed by atoms with E-state index < -0.39 is 0 Å². The normalized spacial score (nSPS) is 11.1. The first kappa shape index (κ1) is 16.0. The van der Waals surface area contributed by atoms with Crippen molar-refractivity contribution >= 4 is 39.0 Å². The predicted octanol–water partition coefficient (Wildman–Crippen LogP) is 4.89. The molecule has 3 aromatic heterocycles. The van der Waals surface area contributed by atoms with Crippen LogP contribution in [-0.4, -0.2) is 15.0 Å². The first-order chi connectivity index (χ1) is 12.1. The van der Waals surface area contributed by atoms with Crippen LogP contribution < -0.4 is 5.73 Å². The molecule has 0 atom stereocenters. The van der Waals surface area contributed by atoms with Crippen LogP contribution in [0.4, 0.5) is 5.82 Å². The molecule has 0 aliphatic carbocycles. The summed E-state index contributed by atoms with van der Waals surface area (Å²) in [5.41, 5.74) is 9.36. The zero-order valence-corrected chi connectivity index (χ0v) is 15.1. The minimum absolute atomic E-state index is 0.504. The van der Waals surface area contributed by atoms with Crippen LogP contribution in [0.2, 0.25) is 5.02 Å². The lowest BCUT2D eigenvalue weighted by atomic mass is 10.1. The van der Waals surface area contributed by atoms with E-state index in [1.165, 1.54) is 5.56 Å². The van der Waals surface area contributed by atoms with Gasteiger partial charge >= 0.3 is 0 Å². The molecule has 2 N–H and O–H groups in total. The smallest absolute Gasteiger partial charge is 0.163 e. The Labute approximate surface area is 154 Å². The van der Waals surface area contributed by atoms with E-state index in [0.29, 0.717) is 16.7 Å². The van der Waals surface area contributed by atoms with E-state index in [1.54, 1.807) is 23.7 Å². The topological polar surface area (TPSA) is 64.7 Å². The van der Waals surface area contributed by atoms with Crippen molar-refractivity contribution in [2.75, 3.05) is 5.73 Å². The second-order valence-corrected chi connectivity index (χ2v) is 7.40. The molecule has 6 heteroatoms. The number of rotatable bonds is 3. The monoisotopic (exact) mass is 366 g/mol. The van der Waals surface area contributed by atoms with Crippen LogP contribution in [-0.2, 0) is 6.42 Å². The van der Waals surface area contributed by atoms with Crippen molar-refractivity contribution < 1.29 is 0 Å². The summed E-state index contributed by atoms with van der Waals surface area (Å²) >= 11 is 7.83. The number of aromatic nitrogens is 3. The van der Waals surface area contributed by atoms with Crippen LogP contribution in [0.1, 0.15) is 16.0 Å². The second-order valence-electron chi connectivity index (χ2n) is 5.88. The molecule has 0 saturated carbocycles. The van der Waals surface area contributed by atoms with Gasteiger partial charge in [0.05, 0.1) is 10.4 Å². The summed E-state index contributed by atoms with van der Waals surface area (Å²) in [5, 5.41) is 1.56. The van der Waals surface area contributed by atoms with Crippen molar-refractivity contribution in [2.24, 2.45) is 0 Å². The van der Waals surface area contributed by atoms with Gasteiger partial charge < -0.3 is 5.73 Å². The molecule has 0 aliphatic heterocycles. The molecular formula is C19H15ClN4S. The third-order valence-electron chi connectivity index (χ3n) is 3.97. The molecule has 0 spiro atoms. The fraction of sp³-hybridized carbons (Fsp3) is 0.105. The third-order valence-corrected chi connectivity index (χ3v) is 5.34. The van der Waals surface area contributed by atoms with Gasteiger partial charge in [-0.2, -0.15) is 0 Å². The lowest BCUT2D eigenvalue weighted by molar-refractivity contribution is 1.19. The number of thiophene rings is 1. The number of halogens is 1. The number of hydrogen-bond acceptors (Lipinski definition) is 5. The SMILES string of the molecule is Cc1cccc(-c2nc(N)c3cc(Cc4ccncc4Cl)sc3n2)c1. The molecule has 0 unspecified atom stereocenters. The van der Waals surface area contributed by atoms with Crippen LogP contribution in [0.3, 0.4) is 0 Å². The van der Waals surface area contributed by atoms with Crippen LogP contribution in [0.25, 0.3) is 21.6 Å². The lowest BCUT2D eigenvalue weighted by Gasteiger charge is -2.03. The molecule has 124 valence electrons. The molecule has 4 rings (SSSR count). The van der Waals surface area contributed by atoms with Gasteiger partial charge in [0.15, 0.2) is 5.82 Å². The van der Waals surface area contributed by atoms with E-state index in [1.807, 2.05) is 37.3 Å². The molecule has 0 saturated heterocycles. The fourth-order valence-electron chi connectivity index (χ4n) is 2.73. The molecule has 0 fully saturated rings. The number of benzene rings is 1. The molecule has 0 bridgehead atoms. The van der Waals surface area contributed by atoms with Crippen LogP contribution in [0, 0.1) is 6.92 Å². The molecule has 0 amide bonds. The number of aryl methyl sites for hydroxylation is 1. The van der Waals surface area contributed by atoms with Crippen molar-refractivity contribution in [3.8, 4) is 11.4 Å². The van der Waals surface area contributed by atoms with Gasteiger partial charge in [0.25, 0.3) is 0 Å². The van der Waals surface area contributed by atoms with Crippen LogP contribution in [0.15, 0.2) is 48.8 Å². The largest absolute Gasteiger partial charge is 0.383 e. The standard InChI is InChI=1S/C19H15ClN4S/c1-11-3-2-4-13(7-11)18-23-17(21)15-9-14(25-19(15)24-18)8-12-5-6-22-10-16(12)20/h2-7,9-10H,8H2,1H3,(H2,21,23,24). The third kappa shape index (κ3) is 3.21. The average Bonchev–Trinajstić information content (AvgIpc) is 3.00. The quantitative estimate of drug-likeness (QED) is 0.560. The second kappa shape index (κ2) is 6.43. The maximum Gasteiger partial charge on any atom is 0.163 e. The molecule has 3 heterocycles. The Bertz CT molecular complexity index is 1070. The highest BCUT2D eigenvalue weighted by Crippen LogP contribution is 2.32. The Morgan fingerprint density at radius 2 is 2.04 bits per heavy atom. The number of nitrogen functional groups attached to an aromatic ring is 1.